The Morgan fingerprint density at radius 3 is 2.24 bits per heavy atom. The van der Waals surface area contributed by atoms with Gasteiger partial charge < -0.3 is 5.73 Å². The van der Waals surface area contributed by atoms with Crippen LogP contribution in [-0.4, -0.2) is 9.97 Å². The van der Waals surface area contributed by atoms with Gasteiger partial charge in [0.25, 0.3) is 0 Å². The average molecular weight is 399 g/mol. The smallest absolute Gasteiger partial charge is 0.141 e. The highest BCUT2D eigenvalue weighted by Crippen LogP contribution is 2.32. The van der Waals surface area contributed by atoms with Crippen molar-refractivity contribution in [3.8, 4) is 0 Å². The average Bonchev–Trinajstić information content (AvgIpc) is 2.41. The first kappa shape index (κ1) is 16.1. The maximum Gasteiger partial charge on any atom is 0.141 e. The van der Waals surface area contributed by atoms with Gasteiger partial charge in [0.1, 0.15) is 17.5 Å². The van der Waals surface area contributed by atoms with Crippen LogP contribution in [0.3, 0.4) is 0 Å². The molecule has 5 heteroatoms. The summed E-state index contributed by atoms with van der Waals surface area (Å²) in [6, 6.07) is 6.44. The van der Waals surface area contributed by atoms with Crippen LogP contribution in [0.25, 0.3) is 0 Å². The van der Waals surface area contributed by atoms with E-state index in [1.807, 2.05) is 13.8 Å². The van der Waals surface area contributed by atoms with Crippen LogP contribution in [0.2, 0.25) is 0 Å². The van der Waals surface area contributed by atoms with Gasteiger partial charge in [-0.2, -0.15) is 0 Å². The van der Waals surface area contributed by atoms with Crippen LogP contribution in [-0.2, 0) is 5.41 Å². The van der Waals surface area contributed by atoms with E-state index in [0.29, 0.717) is 11.6 Å². The van der Waals surface area contributed by atoms with E-state index in [9.17, 15) is 4.39 Å². The Bertz CT molecular complexity index is 651. The van der Waals surface area contributed by atoms with Gasteiger partial charge in [-0.05, 0) is 60.1 Å². The Balaban J connectivity index is 2.56. The summed E-state index contributed by atoms with van der Waals surface area (Å²) >= 11 is 2.18. The number of anilines is 1. The van der Waals surface area contributed by atoms with Crippen molar-refractivity contribution in [2.75, 3.05) is 5.73 Å². The van der Waals surface area contributed by atoms with Crippen molar-refractivity contribution >= 4 is 28.4 Å². The predicted molar refractivity (Wildman–Crippen MR) is 91.8 cm³/mol. The number of hydrogen-bond acceptors (Lipinski definition) is 3. The van der Waals surface area contributed by atoms with E-state index in [4.69, 9.17) is 10.7 Å². The lowest BCUT2D eigenvalue weighted by atomic mass is 9.83. The van der Waals surface area contributed by atoms with Crippen molar-refractivity contribution in [1.29, 1.82) is 0 Å². The van der Waals surface area contributed by atoms with Gasteiger partial charge in [-0.25, -0.2) is 14.4 Å². The maximum absolute atomic E-state index is 13.1. The van der Waals surface area contributed by atoms with Crippen LogP contribution >= 0.6 is 22.6 Å². The Hall–Kier alpha value is -1.24. The van der Waals surface area contributed by atoms with E-state index in [0.717, 1.165) is 14.8 Å². The number of aromatic nitrogens is 2. The molecule has 1 aromatic carbocycles. The van der Waals surface area contributed by atoms with E-state index < -0.39 is 5.41 Å². The summed E-state index contributed by atoms with van der Waals surface area (Å²) in [7, 11) is 0. The van der Waals surface area contributed by atoms with E-state index in [1.54, 1.807) is 12.1 Å². The Morgan fingerprint density at radius 1 is 1.14 bits per heavy atom. The molecule has 0 unspecified atom stereocenters. The molecular weight excluding hydrogens is 380 g/mol. The van der Waals surface area contributed by atoms with E-state index in [1.165, 1.54) is 12.1 Å². The van der Waals surface area contributed by atoms with Crippen molar-refractivity contribution in [2.24, 2.45) is 0 Å². The van der Waals surface area contributed by atoms with Gasteiger partial charge in [-0.1, -0.05) is 26.0 Å². The maximum atomic E-state index is 13.1. The van der Waals surface area contributed by atoms with Gasteiger partial charge in [0, 0.05) is 5.41 Å². The van der Waals surface area contributed by atoms with Crippen LogP contribution in [0, 0.1) is 9.39 Å². The highest BCUT2D eigenvalue weighted by Gasteiger charge is 2.28. The second-order valence-electron chi connectivity index (χ2n) is 5.92. The summed E-state index contributed by atoms with van der Waals surface area (Å²) in [5.74, 6) is 1.18. The molecule has 2 rings (SSSR count). The van der Waals surface area contributed by atoms with Crippen LogP contribution in [0.5, 0.6) is 0 Å². The number of rotatable bonds is 3. The monoisotopic (exact) mass is 399 g/mol. The fourth-order valence-electron chi connectivity index (χ4n) is 2.14. The molecule has 2 N–H and O–H groups in total. The predicted octanol–water partition coefficient (Wildman–Crippen LogP) is 4.25. The lowest BCUT2D eigenvalue weighted by Crippen LogP contribution is -2.24. The second-order valence-corrected chi connectivity index (χ2v) is 7.00. The standard InChI is InChI=1S/C16H19FIN3/c1-9(2)13-12(18)14(19)21-15(20-13)16(3,4)10-5-7-11(17)8-6-10/h5-9H,1-4H3,(H2,19,20,21). The molecule has 3 nitrogen and oxygen atoms in total. The molecule has 1 heterocycles. The molecule has 21 heavy (non-hydrogen) atoms. The van der Waals surface area contributed by atoms with Crippen molar-refractivity contribution in [3.05, 3.63) is 50.7 Å². The number of benzene rings is 1. The molecule has 0 spiro atoms. The zero-order valence-corrected chi connectivity index (χ0v) is 14.8. The first-order chi connectivity index (χ1) is 9.73. The molecule has 0 fully saturated rings. The van der Waals surface area contributed by atoms with Crippen molar-refractivity contribution < 1.29 is 4.39 Å². The van der Waals surface area contributed by atoms with Gasteiger partial charge in [-0.15, -0.1) is 0 Å². The number of nitrogen functional groups attached to an aromatic ring is 1. The van der Waals surface area contributed by atoms with Crippen LogP contribution in [0.1, 0.15) is 50.7 Å². The molecule has 2 aromatic rings. The summed E-state index contributed by atoms with van der Waals surface area (Å²) in [6.45, 7) is 8.20. The Labute approximate surface area is 138 Å². The van der Waals surface area contributed by atoms with Gasteiger partial charge in [0.05, 0.1) is 9.26 Å². The molecule has 0 amide bonds. The summed E-state index contributed by atoms with van der Waals surface area (Å²) in [4.78, 5) is 9.16. The van der Waals surface area contributed by atoms with Crippen LogP contribution < -0.4 is 5.73 Å². The van der Waals surface area contributed by atoms with Gasteiger partial charge >= 0.3 is 0 Å². The summed E-state index contributed by atoms with van der Waals surface area (Å²) in [5.41, 5.74) is 7.51. The highest BCUT2D eigenvalue weighted by molar-refractivity contribution is 14.1. The van der Waals surface area contributed by atoms with Gasteiger partial charge in [0.2, 0.25) is 0 Å². The van der Waals surface area contributed by atoms with Crippen LogP contribution in [0.15, 0.2) is 24.3 Å². The Kier molecular flexibility index (Phi) is 4.51. The summed E-state index contributed by atoms with van der Waals surface area (Å²) in [5, 5.41) is 0. The molecular formula is C16H19FIN3. The summed E-state index contributed by atoms with van der Waals surface area (Å²) in [6.07, 6.45) is 0. The third-order valence-corrected chi connectivity index (χ3v) is 4.68. The topological polar surface area (TPSA) is 51.8 Å². The molecule has 0 aliphatic carbocycles. The first-order valence-electron chi connectivity index (χ1n) is 6.83. The highest BCUT2D eigenvalue weighted by atomic mass is 127. The lowest BCUT2D eigenvalue weighted by Gasteiger charge is -2.25. The molecule has 1 aromatic heterocycles. The van der Waals surface area contributed by atoms with Gasteiger partial charge in [0.15, 0.2) is 0 Å². The normalized spacial score (nSPS) is 12.0. The van der Waals surface area contributed by atoms with E-state index in [2.05, 4.69) is 41.4 Å². The number of hydrogen-bond donors (Lipinski definition) is 1. The SMILES string of the molecule is CC(C)c1nc(C(C)(C)c2ccc(F)cc2)nc(N)c1I. The van der Waals surface area contributed by atoms with Gasteiger partial charge in [-0.3, -0.25) is 0 Å². The second kappa shape index (κ2) is 5.87. The molecule has 0 saturated carbocycles. The zero-order chi connectivity index (χ0) is 15.8. The minimum Gasteiger partial charge on any atom is -0.383 e. The lowest BCUT2D eigenvalue weighted by molar-refractivity contribution is 0.575. The van der Waals surface area contributed by atoms with E-state index in [-0.39, 0.29) is 11.7 Å². The number of nitrogens with two attached hydrogens (primary N) is 1. The van der Waals surface area contributed by atoms with E-state index >= 15 is 0 Å². The molecule has 0 aliphatic rings. The third-order valence-electron chi connectivity index (χ3n) is 3.57. The minimum atomic E-state index is -0.435. The Morgan fingerprint density at radius 2 is 1.71 bits per heavy atom. The fourth-order valence-corrected chi connectivity index (χ4v) is 3.00. The number of nitrogens with zero attached hydrogens (tertiary/aromatic N) is 2. The molecule has 0 bridgehead atoms. The molecule has 0 saturated heterocycles. The fraction of sp³-hybridized carbons (Fsp3) is 0.375. The van der Waals surface area contributed by atoms with Crippen molar-refractivity contribution in [3.63, 3.8) is 0 Å². The molecule has 0 aliphatic heterocycles. The quantitative estimate of drug-likeness (QED) is 0.786. The minimum absolute atomic E-state index is 0.250. The van der Waals surface area contributed by atoms with Crippen molar-refractivity contribution in [1.82, 2.24) is 9.97 Å². The molecule has 112 valence electrons. The summed E-state index contributed by atoms with van der Waals surface area (Å²) < 4.78 is 14.0. The third kappa shape index (κ3) is 3.17. The zero-order valence-electron chi connectivity index (χ0n) is 12.6. The van der Waals surface area contributed by atoms with Crippen molar-refractivity contribution in [2.45, 2.75) is 39.0 Å². The first-order valence-corrected chi connectivity index (χ1v) is 7.90. The molecule has 0 atom stereocenters. The molecule has 0 radical (unpaired) electrons. The largest absolute Gasteiger partial charge is 0.383 e. The van der Waals surface area contributed by atoms with Crippen LogP contribution in [0.4, 0.5) is 10.2 Å². The number of halogens is 2.